The molecule has 0 aliphatic heterocycles. The number of aromatic nitrogens is 1. The number of hydrogen-bond acceptors (Lipinski definition) is 3. The maximum absolute atomic E-state index is 13.6. The van der Waals surface area contributed by atoms with Crippen LogP contribution in [0, 0.1) is 31.0 Å². The molecule has 1 aromatic carbocycles. The molecule has 0 amide bonds. The van der Waals surface area contributed by atoms with E-state index < -0.39 is 0 Å². The highest BCUT2D eigenvalue weighted by molar-refractivity contribution is 5.56. The Morgan fingerprint density at radius 1 is 1.32 bits per heavy atom. The van der Waals surface area contributed by atoms with Crippen LogP contribution in [0.4, 0.5) is 10.1 Å². The highest BCUT2D eigenvalue weighted by atomic mass is 19.1. The minimum Gasteiger partial charge on any atom is -0.381 e. The van der Waals surface area contributed by atoms with Gasteiger partial charge in [0.15, 0.2) is 0 Å². The molecule has 0 atom stereocenters. The van der Waals surface area contributed by atoms with Crippen LogP contribution in [0.15, 0.2) is 30.5 Å². The summed E-state index contributed by atoms with van der Waals surface area (Å²) in [5, 5.41) is 12.0. The molecular weight excluding hydrogens is 241 g/mol. The van der Waals surface area contributed by atoms with Crippen molar-refractivity contribution in [3.05, 3.63) is 58.7 Å². The number of aryl methyl sites for hydroxylation is 1. The van der Waals surface area contributed by atoms with Gasteiger partial charge in [0.1, 0.15) is 5.82 Å². The van der Waals surface area contributed by atoms with E-state index in [4.69, 9.17) is 5.26 Å². The lowest BCUT2D eigenvalue weighted by Gasteiger charge is -2.10. The molecule has 0 radical (unpaired) electrons. The zero-order chi connectivity index (χ0) is 13.8. The average Bonchev–Trinajstić information content (AvgIpc) is 2.42. The monoisotopic (exact) mass is 255 g/mol. The van der Waals surface area contributed by atoms with Gasteiger partial charge in [-0.3, -0.25) is 4.98 Å². The van der Waals surface area contributed by atoms with Crippen molar-refractivity contribution in [2.24, 2.45) is 0 Å². The Bertz CT molecular complexity index is 627. The Labute approximate surface area is 111 Å². The summed E-state index contributed by atoms with van der Waals surface area (Å²) in [7, 11) is 0. The van der Waals surface area contributed by atoms with Gasteiger partial charge >= 0.3 is 0 Å². The standard InChI is InChI=1S/C15H14FN3/c1-10-3-4-12(8-18-10)9-19-15-6-13(7-17)5-14(16)11(15)2/h3-6,8,19H,9H2,1-2H3. The fraction of sp³-hybridized carbons (Fsp3) is 0.200. The molecule has 0 aliphatic carbocycles. The largest absolute Gasteiger partial charge is 0.381 e. The predicted octanol–water partition coefficient (Wildman–Crippen LogP) is 3.32. The first kappa shape index (κ1) is 13.0. The van der Waals surface area contributed by atoms with Crippen molar-refractivity contribution in [1.82, 2.24) is 4.98 Å². The third kappa shape index (κ3) is 3.08. The van der Waals surface area contributed by atoms with E-state index in [2.05, 4.69) is 10.3 Å². The van der Waals surface area contributed by atoms with Crippen LogP contribution < -0.4 is 5.32 Å². The molecule has 4 heteroatoms. The molecule has 0 spiro atoms. The Balaban J connectivity index is 2.17. The first-order chi connectivity index (χ1) is 9.10. The molecular formula is C15H14FN3. The zero-order valence-electron chi connectivity index (χ0n) is 10.9. The maximum atomic E-state index is 13.6. The normalized spacial score (nSPS) is 10.0. The second kappa shape index (κ2) is 5.49. The topological polar surface area (TPSA) is 48.7 Å². The first-order valence-corrected chi connectivity index (χ1v) is 5.96. The molecule has 2 aromatic rings. The van der Waals surface area contributed by atoms with Crippen LogP contribution in [0.3, 0.4) is 0 Å². The third-order valence-electron chi connectivity index (χ3n) is 2.93. The molecule has 1 N–H and O–H groups in total. The van der Waals surface area contributed by atoms with Gasteiger partial charge in [0.05, 0.1) is 11.6 Å². The van der Waals surface area contributed by atoms with E-state index in [0.717, 1.165) is 11.3 Å². The Kier molecular flexibility index (Phi) is 3.76. The first-order valence-electron chi connectivity index (χ1n) is 5.96. The van der Waals surface area contributed by atoms with Crippen molar-refractivity contribution < 1.29 is 4.39 Å². The van der Waals surface area contributed by atoms with E-state index >= 15 is 0 Å². The van der Waals surface area contributed by atoms with Crippen molar-refractivity contribution >= 4 is 5.69 Å². The smallest absolute Gasteiger partial charge is 0.129 e. The van der Waals surface area contributed by atoms with E-state index in [1.165, 1.54) is 6.07 Å². The summed E-state index contributed by atoms with van der Waals surface area (Å²) in [5.74, 6) is -0.372. The van der Waals surface area contributed by atoms with Crippen molar-refractivity contribution in [2.75, 3.05) is 5.32 Å². The molecule has 2 rings (SSSR count). The summed E-state index contributed by atoms with van der Waals surface area (Å²) < 4.78 is 13.6. The van der Waals surface area contributed by atoms with Gasteiger partial charge < -0.3 is 5.32 Å². The van der Waals surface area contributed by atoms with Crippen LogP contribution in [0.25, 0.3) is 0 Å². The minimum atomic E-state index is -0.372. The van der Waals surface area contributed by atoms with Crippen LogP contribution in [-0.2, 0) is 6.54 Å². The summed E-state index contributed by atoms with van der Waals surface area (Å²) in [6.07, 6.45) is 1.78. The van der Waals surface area contributed by atoms with Crippen LogP contribution in [0.1, 0.15) is 22.4 Å². The summed E-state index contributed by atoms with van der Waals surface area (Å²) in [6, 6.07) is 8.74. The fourth-order valence-corrected chi connectivity index (χ4v) is 1.73. The molecule has 0 fully saturated rings. The number of nitriles is 1. The van der Waals surface area contributed by atoms with Crippen LogP contribution in [-0.4, -0.2) is 4.98 Å². The molecule has 96 valence electrons. The summed E-state index contributed by atoms with van der Waals surface area (Å²) >= 11 is 0. The van der Waals surface area contributed by atoms with Gasteiger partial charge in [0, 0.05) is 29.7 Å². The highest BCUT2D eigenvalue weighted by Gasteiger charge is 2.06. The number of anilines is 1. The lowest BCUT2D eigenvalue weighted by atomic mass is 10.1. The number of rotatable bonds is 3. The van der Waals surface area contributed by atoms with Crippen molar-refractivity contribution in [1.29, 1.82) is 5.26 Å². The summed E-state index contributed by atoms with van der Waals surface area (Å²) in [5.41, 5.74) is 3.43. The molecule has 0 unspecified atom stereocenters. The second-order valence-electron chi connectivity index (χ2n) is 4.40. The van der Waals surface area contributed by atoms with E-state index in [1.54, 1.807) is 19.2 Å². The number of pyridine rings is 1. The maximum Gasteiger partial charge on any atom is 0.129 e. The van der Waals surface area contributed by atoms with Gasteiger partial charge in [0.2, 0.25) is 0 Å². The number of nitrogens with one attached hydrogen (secondary N) is 1. The van der Waals surface area contributed by atoms with E-state index in [9.17, 15) is 4.39 Å². The molecule has 0 saturated heterocycles. The van der Waals surface area contributed by atoms with Gasteiger partial charge in [-0.15, -0.1) is 0 Å². The average molecular weight is 255 g/mol. The molecule has 0 aliphatic rings. The molecule has 0 bridgehead atoms. The molecule has 1 heterocycles. The van der Waals surface area contributed by atoms with Crippen LogP contribution in [0.2, 0.25) is 0 Å². The zero-order valence-corrected chi connectivity index (χ0v) is 10.9. The minimum absolute atomic E-state index is 0.313. The molecule has 3 nitrogen and oxygen atoms in total. The fourth-order valence-electron chi connectivity index (χ4n) is 1.73. The van der Waals surface area contributed by atoms with Crippen molar-refractivity contribution in [2.45, 2.75) is 20.4 Å². The van der Waals surface area contributed by atoms with E-state index in [-0.39, 0.29) is 5.82 Å². The quantitative estimate of drug-likeness (QED) is 0.915. The van der Waals surface area contributed by atoms with E-state index in [0.29, 0.717) is 23.4 Å². The Morgan fingerprint density at radius 3 is 2.74 bits per heavy atom. The van der Waals surface area contributed by atoms with E-state index in [1.807, 2.05) is 25.1 Å². The van der Waals surface area contributed by atoms with Gasteiger partial charge in [-0.1, -0.05) is 6.07 Å². The molecule has 0 saturated carbocycles. The summed E-state index contributed by atoms with van der Waals surface area (Å²) in [4.78, 5) is 4.20. The Hall–Kier alpha value is -2.41. The Morgan fingerprint density at radius 2 is 2.11 bits per heavy atom. The van der Waals surface area contributed by atoms with Gasteiger partial charge in [-0.2, -0.15) is 5.26 Å². The van der Waals surface area contributed by atoms with Crippen LogP contribution in [0.5, 0.6) is 0 Å². The number of nitrogens with zero attached hydrogens (tertiary/aromatic N) is 2. The highest BCUT2D eigenvalue weighted by Crippen LogP contribution is 2.21. The number of benzene rings is 1. The third-order valence-corrected chi connectivity index (χ3v) is 2.93. The lowest BCUT2D eigenvalue weighted by molar-refractivity contribution is 0.618. The van der Waals surface area contributed by atoms with Crippen molar-refractivity contribution in [3.63, 3.8) is 0 Å². The van der Waals surface area contributed by atoms with Crippen molar-refractivity contribution in [3.8, 4) is 6.07 Å². The predicted molar refractivity (Wildman–Crippen MR) is 72.2 cm³/mol. The lowest BCUT2D eigenvalue weighted by Crippen LogP contribution is -2.03. The number of halogens is 1. The SMILES string of the molecule is Cc1ccc(CNc2cc(C#N)cc(F)c2C)cn1. The molecule has 19 heavy (non-hydrogen) atoms. The van der Waals surface area contributed by atoms with Gasteiger partial charge in [-0.25, -0.2) is 4.39 Å². The summed E-state index contributed by atoms with van der Waals surface area (Å²) in [6.45, 7) is 4.15. The van der Waals surface area contributed by atoms with Gasteiger partial charge in [0.25, 0.3) is 0 Å². The van der Waals surface area contributed by atoms with Gasteiger partial charge in [-0.05, 0) is 37.6 Å². The second-order valence-corrected chi connectivity index (χ2v) is 4.40. The van der Waals surface area contributed by atoms with Crippen LogP contribution >= 0.6 is 0 Å². The molecule has 1 aromatic heterocycles. The number of hydrogen-bond donors (Lipinski definition) is 1.